The first-order chi connectivity index (χ1) is 6.24. The van der Waals surface area contributed by atoms with Gasteiger partial charge in [-0.2, -0.15) is 0 Å². The van der Waals surface area contributed by atoms with Crippen molar-refractivity contribution in [1.82, 2.24) is 5.32 Å². The van der Waals surface area contributed by atoms with E-state index in [4.69, 9.17) is 5.11 Å². The van der Waals surface area contributed by atoms with Crippen molar-refractivity contribution in [1.29, 1.82) is 0 Å². The van der Waals surface area contributed by atoms with Gasteiger partial charge in [-0.1, -0.05) is 34.6 Å². The van der Waals surface area contributed by atoms with E-state index in [1.807, 2.05) is 13.8 Å². The summed E-state index contributed by atoms with van der Waals surface area (Å²) in [5, 5.41) is 12.0. The molecule has 14 heavy (non-hydrogen) atoms. The van der Waals surface area contributed by atoms with Gasteiger partial charge in [-0.25, -0.2) is 0 Å². The maximum atomic E-state index is 10.8. The summed E-state index contributed by atoms with van der Waals surface area (Å²) in [6.45, 7) is 11.1. The second kappa shape index (κ2) is 5.35. The SMILES string of the molecule is CC(C)[C@@H](NCCC(C)(C)C)C(=O)O. The van der Waals surface area contributed by atoms with Gasteiger partial charge < -0.3 is 10.4 Å². The maximum Gasteiger partial charge on any atom is 0.320 e. The van der Waals surface area contributed by atoms with Gasteiger partial charge in [0.2, 0.25) is 0 Å². The first-order valence-corrected chi connectivity index (χ1v) is 5.20. The van der Waals surface area contributed by atoms with Gasteiger partial charge in [-0.15, -0.1) is 0 Å². The Balaban J connectivity index is 3.90. The van der Waals surface area contributed by atoms with E-state index in [1.165, 1.54) is 0 Å². The van der Waals surface area contributed by atoms with Crippen LogP contribution in [0.25, 0.3) is 0 Å². The first kappa shape index (κ1) is 13.4. The van der Waals surface area contributed by atoms with Crippen LogP contribution in [0.2, 0.25) is 0 Å². The molecule has 0 spiro atoms. The number of carboxylic acid groups (broad SMARTS) is 1. The second-order valence-corrected chi connectivity index (χ2v) is 5.32. The zero-order valence-electron chi connectivity index (χ0n) is 9.92. The van der Waals surface area contributed by atoms with Crippen LogP contribution in [0.4, 0.5) is 0 Å². The number of nitrogens with one attached hydrogen (secondary N) is 1. The van der Waals surface area contributed by atoms with E-state index in [0.717, 1.165) is 13.0 Å². The van der Waals surface area contributed by atoms with E-state index in [2.05, 4.69) is 26.1 Å². The smallest absolute Gasteiger partial charge is 0.320 e. The molecular formula is C11H23NO2. The van der Waals surface area contributed by atoms with Crippen LogP contribution in [-0.4, -0.2) is 23.7 Å². The topological polar surface area (TPSA) is 49.3 Å². The van der Waals surface area contributed by atoms with Crippen molar-refractivity contribution in [2.75, 3.05) is 6.54 Å². The molecule has 0 aromatic heterocycles. The zero-order valence-corrected chi connectivity index (χ0v) is 9.92. The van der Waals surface area contributed by atoms with Crippen molar-refractivity contribution in [3.8, 4) is 0 Å². The lowest BCUT2D eigenvalue weighted by Crippen LogP contribution is -2.42. The maximum absolute atomic E-state index is 10.8. The predicted molar refractivity (Wildman–Crippen MR) is 58.3 cm³/mol. The third kappa shape index (κ3) is 5.97. The Morgan fingerprint density at radius 2 is 1.86 bits per heavy atom. The van der Waals surface area contributed by atoms with Crippen LogP contribution < -0.4 is 5.32 Å². The predicted octanol–water partition coefficient (Wildman–Crippen LogP) is 2.12. The summed E-state index contributed by atoms with van der Waals surface area (Å²) in [6, 6.07) is -0.419. The van der Waals surface area contributed by atoms with Crippen LogP contribution in [-0.2, 0) is 4.79 Å². The molecule has 0 heterocycles. The molecule has 0 aliphatic carbocycles. The zero-order chi connectivity index (χ0) is 11.4. The molecule has 3 heteroatoms. The van der Waals surface area contributed by atoms with Crippen molar-refractivity contribution in [2.24, 2.45) is 11.3 Å². The molecule has 0 aliphatic heterocycles. The molecule has 0 bridgehead atoms. The molecule has 0 rings (SSSR count). The molecule has 0 radical (unpaired) electrons. The van der Waals surface area contributed by atoms with Crippen LogP contribution in [0.5, 0.6) is 0 Å². The van der Waals surface area contributed by atoms with Crippen LogP contribution in [0.3, 0.4) is 0 Å². The highest BCUT2D eigenvalue weighted by Gasteiger charge is 2.21. The fourth-order valence-electron chi connectivity index (χ4n) is 1.21. The highest BCUT2D eigenvalue weighted by atomic mass is 16.4. The molecule has 0 aromatic carbocycles. The molecule has 84 valence electrons. The van der Waals surface area contributed by atoms with Crippen molar-refractivity contribution in [3.63, 3.8) is 0 Å². The Labute approximate surface area is 86.9 Å². The van der Waals surface area contributed by atoms with Gasteiger partial charge in [-0.05, 0) is 24.3 Å². The summed E-state index contributed by atoms with van der Waals surface area (Å²) in [7, 11) is 0. The van der Waals surface area contributed by atoms with E-state index in [1.54, 1.807) is 0 Å². The second-order valence-electron chi connectivity index (χ2n) is 5.32. The van der Waals surface area contributed by atoms with Crippen molar-refractivity contribution in [2.45, 2.75) is 47.1 Å². The number of hydrogen-bond acceptors (Lipinski definition) is 2. The third-order valence-electron chi connectivity index (χ3n) is 2.17. The fraction of sp³-hybridized carbons (Fsp3) is 0.909. The summed E-state index contributed by atoms with van der Waals surface area (Å²) in [6.07, 6.45) is 0.990. The van der Waals surface area contributed by atoms with Gasteiger partial charge in [0.15, 0.2) is 0 Å². The average molecular weight is 201 g/mol. The standard InChI is InChI=1S/C11H23NO2/c1-8(2)9(10(13)14)12-7-6-11(3,4)5/h8-9,12H,6-7H2,1-5H3,(H,13,14)/t9-/m1/s1. The summed E-state index contributed by atoms with van der Waals surface area (Å²) >= 11 is 0. The van der Waals surface area contributed by atoms with Crippen LogP contribution in [0.15, 0.2) is 0 Å². The first-order valence-electron chi connectivity index (χ1n) is 5.20. The molecule has 2 N–H and O–H groups in total. The number of carbonyl (C=O) groups is 1. The van der Waals surface area contributed by atoms with Gasteiger partial charge >= 0.3 is 5.97 Å². The van der Waals surface area contributed by atoms with Gasteiger partial charge in [0, 0.05) is 0 Å². The molecular weight excluding hydrogens is 178 g/mol. The summed E-state index contributed by atoms with van der Waals surface area (Å²) in [4.78, 5) is 10.8. The van der Waals surface area contributed by atoms with E-state index in [0.29, 0.717) is 0 Å². The summed E-state index contributed by atoms with van der Waals surface area (Å²) in [5.41, 5.74) is 0.257. The lowest BCUT2D eigenvalue weighted by atomic mass is 9.92. The lowest BCUT2D eigenvalue weighted by molar-refractivity contribution is -0.140. The van der Waals surface area contributed by atoms with E-state index in [-0.39, 0.29) is 11.3 Å². The molecule has 0 aromatic rings. The third-order valence-corrected chi connectivity index (χ3v) is 2.17. The number of hydrogen-bond donors (Lipinski definition) is 2. The molecule has 1 atom stereocenters. The lowest BCUT2D eigenvalue weighted by Gasteiger charge is -2.22. The van der Waals surface area contributed by atoms with Crippen molar-refractivity contribution >= 4 is 5.97 Å². The molecule has 3 nitrogen and oxygen atoms in total. The minimum atomic E-state index is -0.756. The molecule has 0 fully saturated rings. The normalized spacial score (nSPS) is 14.4. The van der Waals surface area contributed by atoms with Crippen molar-refractivity contribution < 1.29 is 9.90 Å². The molecule has 0 unspecified atom stereocenters. The van der Waals surface area contributed by atoms with Crippen LogP contribution in [0, 0.1) is 11.3 Å². The quantitative estimate of drug-likeness (QED) is 0.716. The average Bonchev–Trinajstić information content (AvgIpc) is 1.94. The van der Waals surface area contributed by atoms with Gasteiger partial charge in [-0.3, -0.25) is 4.79 Å². The Morgan fingerprint density at radius 1 is 1.36 bits per heavy atom. The van der Waals surface area contributed by atoms with Crippen LogP contribution >= 0.6 is 0 Å². The molecule has 0 saturated heterocycles. The molecule has 0 saturated carbocycles. The van der Waals surface area contributed by atoms with E-state index in [9.17, 15) is 4.79 Å². The molecule has 0 aliphatic rings. The number of carboxylic acids is 1. The number of rotatable bonds is 5. The van der Waals surface area contributed by atoms with Crippen LogP contribution in [0.1, 0.15) is 41.0 Å². The highest BCUT2D eigenvalue weighted by molar-refractivity contribution is 5.73. The van der Waals surface area contributed by atoms with E-state index < -0.39 is 12.0 Å². The number of aliphatic carboxylic acids is 1. The monoisotopic (exact) mass is 201 g/mol. The largest absolute Gasteiger partial charge is 0.480 e. The summed E-state index contributed by atoms with van der Waals surface area (Å²) in [5.74, 6) is -0.624. The Hall–Kier alpha value is -0.570. The van der Waals surface area contributed by atoms with Gasteiger partial charge in [0.05, 0.1) is 0 Å². The highest BCUT2D eigenvalue weighted by Crippen LogP contribution is 2.17. The Bertz CT molecular complexity index is 182. The fourth-order valence-corrected chi connectivity index (χ4v) is 1.21. The Morgan fingerprint density at radius 3 is 2.14 bits per heavy atom. The van der Waals surface area contributed by atoms with Gasteiger partial charge in [0.25, 0.3) is 0 Å². The van der Waals surface area contributed by atoms with Gasteiger partial charge in [0.1, 0.15) is 6.04 Å². The van der Waals surface area contributed by atoms with Crippen molar-refractivity contribution in [3.05, 3.63) is 0 Å². The summed E-state index contributed by atoms with van der Waals surface area (Å²) < 4.78 is 0. The van der Waals surface area contributed by atoms with E-state index >= 15 is 0 Å². The molecule has 0 amide bonds. The minimum Gasteiger partial charge on any atom is -0.480 e. The Kier molecular flexibility index (Phi) is 5.13. The minimum absolute atomic E-state index is 0.132.